The van der Waals surface area contributed by atoms with Gasteiger partial charge in [0.25, 0.3) is 0 Å². The van der Waals surface area contributed by atoms with E-state index in [1.165, 1.54) is 4.88 Å². The Balaban J connectivity index is 1.54. The number of alkyl halides is 2. The summed E-state index contributed by atoms with van der Waals surface area (Å²) in [5, 5.41) is 7.93. The first-order chi connectivity index (χ1) is 13.9. The predicted molar refractivity (Wildman–Crippen MR) is 113 cm³/mol. The van der Waals surface area contributed by atoms with Gasteiger partial charge in [-0.2, -0.15) is 8.78 Å². The summed E-state index contributed by atoms with van der Waals surface area (Å²) in [4.78, 5) is 12.3. The van der Waals surface area contributed by atoms with Crippen LogP contribution in [0.15, 0.2) is 29.3 Å². The lowest BCUT2D eigenvalue weighted by Gasteiger charge is -2.35. The molecule has 1 saturated heterocycles. The molecular weight excluding hydrogens is 396 g/mol. The van der Waals surface area contributed by atoms with Gasteiger partial charge in [0.05, 0.1) is 17.2 Å². The van der Waals surface area contributed by atoms with E-state index in [1.807, 2.05) is 26.0 Å². The predicted octanol–water partition coefficient (Wildman–Crippen LogP) is 3.70. The van der Waals surface area contributed by atoms with Crippen LogP contribution in [-0.2, 0) is 6.54 Å². The molecule has 0 aliphatic carbocycles. The van der Waals surface area contributed by atoms with Gasteiger partial charge in [-0.3, -0.25) is 4.99 Å². The minimum Gasteiger partial charge on any atom is -0.435 e. The van der Waals surface area contributed by atoms with Crippen LogP contribution in [-0.4, -0.2) is 43.7 Å². The molecule has 158 valence electrons. The molecule has 29 heavy (non-hydrogen) atoms. The number of rotatable bonds is 6. The van der Waals surface area contributed by atoms with Crippen molar-refractivity contribution in [3.05, 3.63) is 39.8 Å². The molecule has 1 aliphatic rings. The second kappa shape index (κ2) is 9.87. The number of aliphatic imine (C=N–C) groups is 1. The lowest BCUT2D eigenvalue weighted by atomic mass is 10.0. The molecule has 2 aromatic rings. The highest BCUT2D eigenvalue weighted by Crippen LogP contribution is 2.24. The largest absolute Gasteiger partial charge is 0.435 e. The summed E-state index contributed by atoms with van der Waals surface area (Å²) in [7, 11) is 1.77. The van der Waals surface area contributed by atoms with E-state index in [0.29, 0.717) is 6.54 Å². The van der Waals surface area contributed by atoms with E-state index in [9.17, 15) is 8.78 Å². The van der Waals surface area contributed by atoms with Gasteiger partial charge in [0.1, 0.15) is 5.75 Å². The molecule has 1 aliphatic heterocycles. The van der Waals surface area contributed by atoms with Gasteiger partial charge < -0.3 is 20.3 Å². The van der Waals surface area contributed by atoms with Gasteiger partial charge in [0.2, 0.25) is 0 Å². The van der Waals surface area contributed by atoms with E-state index in [-0.39, 0.29) is 11.8 Å². The highest BCUT2D eigenvalue weighted by atomic mass is 32.1. The van der Waals surface area contributed by atoms with Crippen molar-refractivity contribution >= 4 is 23.0 Å². The number of hydrogen-bond donors (Lipinski definition) is 2. The van der Waals surface area contributed by atoms with Crippen LogP contribution in [0.3, 0.4) is 0 Å². The molecule has 1 aromatic heterocycles. The number of piperidine rings is 1. The Bertz CT molecular complexity index is 825. The highest BCUT2D eigenvalue weighted by Gasteiger charge is 2.21. The summed E-state index contributed by atoms with van der Waals surface area (Å²) in [6.45, 7) is 3.66. The van der Waals surface area contributed by atoms with Crippen LogP contribution < -0.4 is 20.3 Å². The molecule has 2 N–H and O–H groups in total. The van der Waals surface area contributed by atoms with Crippen molar-refractivity contribution in [3.63, 3.8) is 0 Å². The Labute approximate surface area is 174 Å². The zero-order chi connectivity index (χ0) is 20.8. The van der Waals surface area contributed by atoms with Crippen molar-refractivity contribution in [1.29, 1.82) is 0 Å². The van der Waals surface area contributed by atoms with Gasteiger partial charge in [0.15, 0.2) is 5.96 Å². The molecule has 6 nitrogen and oxygen atoms in total. The van der Waals surface area contributed by atoms with Crippen molar-refractivity contribution in [2.45, 2.75) is 45.9 Å². The number of ether oxygens (including phenoxy) is 1. The fraction of sp³-hybridized carbons (Fsp3) is 0.500. The van der Waals surface area contributed by atoms with Crippen LogP contribution in [0.5, 0.6) is 5.75 Å². The van der Waals surface area contributed by atoms with Crippen LogP contribution in [0.2, 0.25) is 0 Å². The summed E-state index contributed by atoms with van der Waals surface area (Å²) in [6.07, 6.45) is 2.08. The number of hydrogen-bond acceptors (Lipinski definition) is 5. The Hall–Kier alpha value is -2.42. The maximum atomic E-state index is 12.3. The molecule has 9 heteroatoms. The second-order valence-corrected chi connectivity index (χ2v) is 8.26. The summed E-state index contributed by atoms with van der Waals surface area (Å²) in [5.41, 5.74) is 2.05. The number of halogens is 2. The Morgan fingerprint density at radius 1 is 1.34 bits per heavy atom. The number of nitrogens with zero attached hydrogens (tertiary/aromatic N) is 3. The summed E-state index contributed by atoms with van der Waals surface area (Å²) >= 11 is 1.69. The molecule has 1 fully saturated rings. The Morgan fingerprint density at radius 3 is 2.72 bits per heavy atom. The van der Waals surface area contributed by atoms with E-state index in [0.717, 1.165) is 48.3 Å². The minimum absolute atomic E-state index is 0.175. The maximum Gasteiger partial charge on any atom is 0.387 e. The normalized spacial score (nSPS) is 17.5. The Morgan fingerprint density at radius 2 is 2.10 bits per heavy atom. The van der Waals surface area contributed by atoms with Crippen molar-refractivity contribution in [1.82, 2.24) is 15.6 Å². The molecule has 1 aromatic carbocycles. The average molecular weight is 424 g/mol. The summed E-state index contributed by atoms with van der Waals surface area (Å²) in [5.74, 6) is 0.941. The number of aromatic nitrogens is 1. The summed E-state index contributed by atoms with van der Waals surface area (Å²) in [6, 6.07) is 7.05. The van der Waals surface area contributed by atoms with Crippen LogP contribution in [0.25, 0.3) is 0 Å². The smallest absolute Gasteiger partial charge is 0.387 e. The molecule has 2 heterocycles. The lowest BCUT2D eigenvalue weighted by Crippen LogP contribution is -2.51. The van der Waals surface area contributed by atoms with Crippen LogP contribution in [0.4, 0.5) is 14.5 Å². The monoisotopic (exact) mass is 423 g/mol. The SMILES string of the molecule is CN=C(NCc1sc(C)nc1C)NC1CCCN(c2ccc(OC(F)F)cc2)C1. The summed E-state index contributed by atoms with van der Waals surface area (Å²) < 4.78 is 29.1. The number of aryl methyl sites for hydroxylation is 2. The number of anilines is 1. The molecular formula is C20H27F2N5OS. The Kier molecular flexibility index (Phi) is 7.24. The zero-order valence-electron chi connectivity index (χ0n) is 16.9. The quantitative estimate of drug-likeness (QED) is 0.548. The van der Waals surface area contributed by atoms with Crippen molar-refractivity contribution < 1.29 is 13.5 Å². The third-order valence-corrected chi connectivity index (χ3v) is 5.90. The fourth-order valence-electron chi connectivity index (χ4n) is 3.46. The first-order valence-corrected chi connectivity index (χ1v) is 10.5. The molecule has 1 unspecified atom stereocenters. The first-order valence-electron chi connectivity index (χ1n) is 9.64. The zero-order valence-corrected chi connectivity index (χ0v) is 17.7. The van der Waals surface area contributed by atoms with Gasteiger partial charge in [-0.05, 0) is 51.0 Å². The topological polar surface area (TPSA) is 61.8 Å². The molecule has 0 bridgehead atoms. The van der Waals surface area contributed by atoms with Crippen molar-refractivity contribution in [2.75, 3.05) is 25.0 Å². The first kappa shape index (κ1) is 21.3. The van der Waals surface area contributed by atoms with E-state index in [2.05, 4.69) is 30.2 Å². The van der Waals surface area contributed by atoms with Crippen molar-refractivity contribution in [3.8, 4) is 5.75 Å². The van der Waals surface area contributed by atoms with Gasteiger partial charge in [0, 0.05) is 36.7 Å². The van der Waals surface area contributed by atoms with Crippen LogP contribution in [0.1, 0.15) is 28.4 Å². The van der Waals surface area contributed by atoms with E-state index >= 15 is 0 Å². The third kappa shape index (κ3) is 6.03. The molecule has 1 atom stereocenters. The van der Waals surface area contributed by atoms with Gasteiger partial charge in [-0.15, -0.1) is 11.3 Å². The minimum atomic E-state index is -2.80. The molecule has 0 spiro atoms. The average Bonchev–Trinajstić information content (AvgIpc) is 3.02. The molecule has 0 saturated carbocycles. The molecule has 0 amide bonds. The van der Waals surface area contributed by atoms with Gasteiger partial charge >= 0.3 is 6.61 Å². The maximum absolute atomic E-state index is 12.3. The number of guanidine groups is 1. The fourth-order valence-corrected chi connectivity index (χ4v) is 4.33. The van der Waals surface area contributed by atoms with Gasteiger partial charge in [-0.25, -0.2) is 4.98 Å². The van der Waals surface area contributed by atoms with Crippen LogP contribution in [0, 0.1) is 13.8 Å². The van der Waals surface area contributed by atoms with E-state index in [1.54, 1.807) is 30.5 Å². The second-order valence-electron chi connectivity index (χ2n) is 6.97. The standard InChI is InChI=1S/C20H27F2N5OS/c1-13-18(29-14(2)25-13)11-24-20(23-3)26-15-5-4-10-27(12-15)16-6-8-17(9-7-16)28-19(21)22/h6-9,15,19H,4-5,10-12H2,1-3H3,(H2,23,24,26). The number of thiazole rings is 1. The third-order valence-electron chi connectivity index (χ3n) is 4.83. The van der Waals surface area contributed by atoms with Gasteiger partial charge in [-0.1, -0.05) is 0 Å². The lowest BCUT2D eigenvalue weighted by molar-refractivity contribution is -0.0498. The van der Waals surface area contributed by atoms with Crippen LogP contribution >= 0.6 is 11.3 Å². The highest BCUT2D eigenvalue weighted by molar-refractivity contribution is 7.11. The molecule has 3 rings (SSSR count). The van der Waals surface area contributed by atoms with E-state index < -0.39 is 6.61 Å². The van der Waals surface area contributed by atoms with Crippen molar-refractivity contribution in [2.24, 2.45) is 4.99 Å². The number of nitrogens with one attached hydrogen (secondary N) is 2. The number of benzene rings is 1. The van der Waals surface area contributed by atoms with E-state index in [4.69, 9.17) is 0 Å². The molecule has 0 radical (unpaired) electrons.